The van der Waals surface area contributed by atoms with Gasteiger partial charge in [0.25, 0.3) is 0 Å². The molecule has 1 aliphatic carbocycles. The van der Waals surface area contributed by atoms with E-state index in [1.165, 1.54) is 6.20 Å². The first-order chi connectivity index (χ1) is 14.7. The zero-order valence-corrected chi connectivity index (χ0v) is 19.1. The van der Waals surface area contributed by atoms with Crippen LogP contribution >= 0.6 is 11.6 Å². The van der Waals surface area contributed by atoms with Crippen molar-refractivity contribution in [1.82, 2.24) is 9.97 Å². The van der Waals surface area contributed by atoms with Gasteiger partial charge in [-0.1, -0.05) is 25.4 Å². The Balaban J connectivity index is 1.68. The molecule has 0 bridgehead atoms. The second-order valence-electron chi connectivity index (χ2n) is 8.42. The molecule has 1 aromatic carbocycles. The van der Waals surface area contributed by atoms with E-state index in [0.717, 1.165) is 18.4 Å². The Morgan fingerprint density at radius 2 is 2.19 bits per heavy atom. The second kappa shape index (κ2) is 9.92. The molecular formula is C21H27ClN6O2S. The Labute approximate surface area is 189 Å². The molecular weight excluding hydrogens is 436 g/mol. The van der Waals surface area contributed by atoms with E-state index in [2.05, 4.69) is 26.7 Å². The van der Waals surface area contributed by atoms with Crippen molar-refractivity contribution < 1.29 is 9.32 Å². The number of nitriles is 1. The summed E-state index contributed by atoms with van der Waals surface area (Å²) < 4.78 is 11.7. The van der Waals surface area contributed by atoms with E-state index >= 15 is 0 Å². The lowest BCUT2D eigenvalue weighted by Gasteiger charge is -2.40. The minimum Gasteiger partial charge on any atom is -0.393 e. The zero-order chi connectivity index (χ0) is 22.6. The monoisotopic (exact) mass is 462 g/mol. The number of rotatable bonds is 7. The highest BCUT2D eigenvalue weighted by Crippen LogP contribution is 2.37. The third-order valence-corrected chi connectivity index (χ3v) is 6.70. The summed E-state index contributed by atoms with van der Waals surface area (Å²) in [7, 11) is -1.60. The Bertz CT molecular complexity index is 1010. The van der Waals surface area contributed by atoms with Crippen LogP contribution in [0.4, 0.5) is 11.8 Å². The van der Waals surface area contributed by atoms with Gasteiger partial charge in [-0.05, 0) is 54.9 Å². The maximum Gasteiger partial charge on any atom is 0.224 e. The van der Waals surface area contributed by atoms with E-state index in [1.807, 2.05) is 13.8 Å². The summed E-state index contributed by atoms with van der Waals surface area (Å²) in [6, 6.07) is 7.30. The number of aliphatic hydroxyl groups is 1. The number of nitrogens with one attached hydrogen (secondary N) is 2. The number of aromatic nitrogens is 2. The first kappa shape index (κ1) is 23.4. The van der Waals surface area contributed by atoms with E-state index in [1.54, 1.807) is 18.2 Å². The van der Waals surface area contributed by atoms with E-state index in [9.17, 15) is 14.6 Å². The van der Waals surface area contributed by atoms with Gasteiger partial charge in [0.1, 0.15) is 28.4 Å². The average molecular weight is 463 g/mol. The summed E-state index contributed by atoms with van der Waals surface area (Å²) in [4.78, 5) is 9.23. The summed E-state index contributed by atoms with van der Waals surface area (Å²) in [6.45, 7) is 4.56. The maximum absolute atomic E-state index is 11.7. The van der Waals surface area contributed by atoms with Crippen molar-refractivity contribution in [2.45, 2.75) is 56.6 Å². The molecule has 1 unspecified atom stereocenters. The van der Waals surface area contributed by atoms with E-state index in [0.29, 0.717) is 46.6 Å². The Hall–Kier alpha value is -2.25. The number of anilines is 2. The molecule has 1 fully saturated rings. The number of nitrogens with two attached hydrogens (primary N) is 1. The predicted octanol–water partition coefficient (Wildman–Crippen LogP) is 2.99. The molecule has 8 nitrogen and oxygen atoms in total. The third kappa shape index (κ3) is 5.92. The molecule has 0 amide bonds. The summed E-state index contributed by atoms with van der Waals surface area (Å²) >= 11 is 6.05. The van der Waals surface area contributed by atoms with Crippen LogP contribution in [0.15, 0.2) is 29.3 Å². The first-order valence-electron chi connectivity index (χ1n) is 10.1. The molecule has 1 heterocycles. The number of aliphatic hydroxyl groups excluding tert-OH is 1. The van der Waals surface area contributed by atoms with Gasteiger partial charge in [-0.3, -0.25) is 0 Å². The van der Waals surface area contributed by atoms with Crippen LogP contribution in [0.5, 0.6) is 0 Å². The van der Waals surface area contributed by atoms with Crippen LogP contribution < -0.4 is 15.8 Å². The van der Waals surface area contributed by atoms with E-state index in [-0.39, 0.29) is 17.6 Å². The number of halogens is 1. The molecule has 3 rings (SSSR count). The van der Waals surface area contributed by atoms with Crippen LogP contribution in [-0.4, -0.2) is 38.0 Å². The van der Waals surface area contributed by atoms with E-state index in [4.69, 9.17) is 16.7 Å². The van der Waals surface area contributed by atoms with Gasteiger partial charge in [-0.2, -0.15) is 10.2 Å². The number of hydrogen-bond donors (Lipinski definition) is 4. The maximum atomic E-state index is 11.7. The van der Waals surface area contributed by atoms with Crippen molar-refractivity contribution in [3.8, 4) is 6.07 Å². The Kier molecular flexibility index (Phi) is 7.49. The fraction of sp³-hybridized carbons (Fsp3) is 0.476. The van der Waals surface area contributed by atoms with Gasteiger partial charge in [-0.25, -0.2) is 14.3 Å². The summed E-state index contributed by atoms with van der Waals surface area (Å²) in [6.07, 6.45) is 3.96. The van der Waals surface area contributed by atoms with Gasteiger partial charge in [0.05, 0.1) is 17.2 Å². The number of benzene rings is 1. The molecule has 0 aliphatic heterocycles. The topological polar surface area (TPSA) is 137 Å². The number of nitrogens with zero attached hydrogens (tertiary/aromatic N) is 3. The first-order valence-corrected chi connectivity index (χ1v) is 11.7. The molecule has 31 heavy (non-hydrogen) atoms. The smallest absolute Gasteiger partial charge is 0.224 e. The van der Waals surface area contributed by atoms with Gasteiger partial charge in [0, 0.05) is 17.6 Å². The minimum absolute atomic E-state index is 0.113. The molecule has 166 valence electrons. The predicted molar refractivity (Wildman–Crippen MR) is 122 cm³/mol. The molecule has 1 aliphatic rings. The highest BCUT2D eigenvalue weighted by atomic mass is 35.5. The van der Waals surface area contributed by atoms with Gasteiger partial charge < -0.3 is 15.7 Å². The Morgan fingerprint density at radius 3 is 2.87 bits per heavy atom. The summed E-state index contributed by atoms with van der Waals surface area (Å²) in [5.74, 6) is 0.859. The highest BCUT2D eigenvalue weighted by molar-refractivity contribution is 7.82. The fourth-order valence-electron chi connectivity index (χ4n) is 3.85. The lowest BCUT2D eigenvalue weighted by Crippen LogP contribution is -2.41. The molecule has 10 heteroatoms. The van der Waals surface area contributed by atoms with Crippen LogP contribution in [0.25, 0.3) is 0 Å². The van der Waals surface area contributed by atoms with Crippen molar-refractivity contribution in [3.63, 3.8) is 0 Å². The van der Waals surface area contributed by atoms with Crippen LogP contribution in [0.1, 0.15) is 44.2 Å². The van der Waals surface area contributed by atoms with Gasteiger partial charge in [0.2, 0.25) is 5.95 Å². The largest absolute Gasteiger partial charge is 0.393 e. The van der Waals surface area contributed by atoms with Gasteiger partial charge in [0.15, 0.2) is 0 Å². The van der Waals surface area contributed by atoms with Crippen LogP contribution in [0, 0.1) is 16.7 Å². The minimum atomic E-state index is -1.60. The van der Waals surface area contributed by atoms with Crippen LogP contribution in [-0.2, 0) is 17.4 Å². The standard InChI is InChI=1S/C21H27ClN6O2S/c1-21(2)10-16(4-6-18(21)29)27-19-14(11-23)12-26-20(28-19)25-8-7-13-9-15(22)3-5-17(13)31(24)30/h3,5,9,12,16,18,29H,4,6-8,10,24H2,1-2H3,(H2,25,26,27,28)/t16-,18+,31?/m1/s1. The van der Waals surface area contributed by atoms with Gasteiger partial charge in [-0.15, -0.1) is 0 Å². The zero-order valence-electron chi connectivity index (χ0n) is 17.6. The van der Waals surface area contributed by atoms with E-state index < -0.39 is 11.0 Å². The lowest BCUT2D eigenvalue weighted by molar-refractivity contribution is 0.00926. The normalized spacial score (nSPS) is 21.2. The van der Waals surface area contributed by atoms with Crippen LogP contribution in [0.3, 0.4) is 0 Å². The molecule has 2 aromatic rings. The SMILES string of the molecule is CC1(C)C[C@H](Nc2nc(NCCc3cc(Cl)ccc3S(N)=O)ncc2C#N)CC[C@@H]1O. The fourth-order valence-corrected chi connectivity index (χ4v) is 4.66. The molecule has 1 saturated carbocycles. The lowest BCUT2D eigenvalue weighted by atomic mass is 9.73. The van der Waals surface area contributed by atoms with Crippen molar-refractivity contribution in [2.24, 2.45) is 10.6 Å². The Morgan fingerprint density at radius 1 is 1.42 bits per heavy atom. The van der Waals surface area contributed by atoms with Crippen molar-refractivity contribution in [2.75, 3.05) is 17.2 Å². The van der Waals surface area contributed by atoms with Crippen LogP contribution in [0.2, 0.25) is 5.02 Å². The molecule has 3 atom stereocenters. The summed E-state index contributed by atoms with van der Waals surface area (Å²) in [5.41, 5.74) is 0.954. The van der Waals surface area contributed by atoms with Crippen molar-refractivity contribution >= 4 is 34.4 Å². The van der Waals surface area contributed by atoms with Crippen molar-refractivity contribution in [3.05, 3.63) is 40.5 Å². The summed E-state index contributed by atoms with van der Waals surface area (Å²) in [5, 5.41) is 32.2. The second-order valence-corrected chi connectivity index (χ2v) is 9.89. The average Bonchev–Trinajstić information content (AvgIpc) is 2.70. The quantitative estimate of drug-likeness (QED) is 0.496. The molecule has 5 N–H and O–H groups in total. The highest BCUT2D eigenvalue weighted by Gasteiger charge is 2.35. The number of hydrogen-bond acceptors (Lipinski definition) is 7. The molecule has 0 radical (unpaired) electrons. The van der Waals surface area contributed by atoms with Crippen molar-refractivity contribution in [1.29, 1.82) is 5.26 Å². The van der Waals surface area contributed by atoms with Gasteiger partial charge >= 0.3 is 0 Å². The molecule has 1 aromatic heterocycles. The molecule has 0 spiro atoms. The third-order valence-electron chi connectivity index (χ3n) is 5.63. The molecule has 0 saturated heterocycles.